The Morgan fingerprint density at radius 3 is 2.64 bits per heavy atom. The van der Waals surface area contributed by atoms with Crippen LogP contribution >= 0.6 is 0 Å². The standard InChI is InChI=1S/C19H23N3O3/c1-14-13-22(11-8-17(14)18(23)25-2)19(24)20-15-6-5-7-16(12-15)21-9-3-4-10-21/h3-7,9-10,12,14,17H,8,11,13H2,1-2H3,(H,20,24)/t14-,17-/m1/s1. The van der Waals surface area contributed by atoms with Gasteiger partial charge in [-0.25, -0.2) is 4.79 Å². The summed E-state index contributed by atoms with van der Waals surface area (Å²) < 4.78 is 6.83. The second-order valence-electron chi connectivity index (χ2n) is 6.41. The van der Waals surface area contributed by atoms with Gasteiger partial charge in [-0.05, 0) is 42.7 Å². The Morgan fingerprint density at radius 1 is 1.20 bits per heavy atom. The fourth-order valence-electron chi connectivity index (χ4n) is 3.29. The summed E-state index contributed by atoms with van der Waals surface area (Å²) in [6, 6.07) is 11.5. The first-order valence-electron chi connectivity index (χ1n) is 8.45. The van der Waals surface area contributed by atoms with Crippen LogP contribution in [0.3, 0.4) is 0 Å². The number of aromatic nitrogens is 1. The lowest BCUT2D eigenvalue weighted by Crippen LogP contribution is -2.46. The summed E-state index contributed by atoms with van der Waals surface area (Å²) in [5, 5.41) is 2.95. The van der Waals surface area contributed by atoms with E-state index in [-0.39, 0.29) is 23.8 Å². The molecule has 2 amide bonds. The Bertz CT molecular complexity index is 742. The zero-order valence-electron chi connectivity index (χ0n) is 14.5. The van der Waals surface area contributed by atoms with Crippen molar-refractivity contribution in [3.63, 3.8) is 0 Å². The monoisotopic (exact) mass is 341 g/mol. The highest BCUT2D eigenvalue weighted by Gasteiger charge is 2.33. The minimum atomic E-state index is -0.188. The molecular weight excluding hydrogens is 318 g/mol. The number of ether oxygens (including phenoxy) is 1. The fourth-order valence-corrected chi connectivity index (χ4v) is 3.29. The number of nitrogens with zero attached hydrogens (tertiary/aromatic N) is 2. The Balaban J connectivity index is 1.63. The van der Waals surface area contributed by atoms with Crippen LogP contribution in [0.5, 0.6) is 0 Å². The molecule has 25 heavy (non-hydrogen) atoms. The maximum absolute atomic E-state index is 12.5. The molecule has 1 aromatic carbocycles. The van der Waals surface area contributed by atoms with E-state index in [1.54, 1.807) is 4.90 Å². The lowest BCUT2D eigenvalue weighted by Gasteiger charge is -2.35. The number of rotatable bonds is 3. The largest absolute Gasteiger partial charge is 0.469 e. The highest BCUT2D eigenvalue weighted by molar-refractivity contribution is 5.90. The molecule has 2 atom stereocenters. The van der Waals surface area contributed by atoms with E-state index in [4.69, 9.17) is 4.74 Å². The number of benzene rings is 1. The summed E-state index contributed by atoms with van der Waals surface area (Å²) in [5.41, 5.74) is 1.74. The minimum Gasteiger partial charge on any atom is -0.469 e. The molecule has 1 aliphatic heterocycles. The van der Waals surface area contributed by atoms with Crippen LogP contribution in [0, 0.1) is 11.8 Å². The van der Waals surface area contributed by atoms with Crippen LogP contribution in [0.2, 0.25) is 0 Å². The molecule has 2 aromatic rings. The van der Waals surface area contributed by atoms with Crippen LogP contribution in [-0.2, 0) is 9.53 Å². The molecule has 0 spiro atoms. The number of esters is 1. The van der Waals surface area contributed by atoms with Crippen molar-refractivity contribution >= 4 is 17.7 Å². The zero-order valence-corrected chi connectivity index (χ0v) is 14.5. The number of likely N-dealkylation sites (tertiary alicyclic amines) is 1. The molecule has 132 valence electrons. The molecule has 1 aromatic heterocycles. The number of piperidine rings is 1. The Morgan fingerprint density at radius 2 is 1.96 bits per heavy atom. The molecular formula is C19H23N3O3. The van der Waals surface area contributed by atoms with Crippen molar-refractivity contribution in [1.82, 2.24) is 9.47 Å². The van der Waals surface area contributed by atoms with Gasteiger partial charge in [-0.15, -0.1) is 0 Å². The number of amides is 2. The van der Waals surface area contributed by atoms with Crippen LogP contribution in [0.4, 0.5) is 10.5 Å². The van der Waals surface area contributed by atoms with E-state index in [9.17, 15) is 9.59 Å². The van der Waals surface area contributed by atoms with Gasteiger partial charge in [0.2, 0.25) is 0 Å². The van der Waals surface area contributed by atoms with E-state index >= 15 is 0 Å². The van der Waals surface area contributed by atoms with E-state index in [2.05, 4.69) is 5.32 Å². The second-order valence-corrected chi connectivity index (χ2v) is 6.41. The Labute approximate surface area is 147 Å². The molecule has 0 saturated carbocycles. The van der Waals surface area contributed by atoms with Gasteiger partial charge in [-0.1, -0.05) is 13.0 Å². The molecule has 0 bridgehead atoms. The van der Waals surface area contributed by atoms with Crippen molar-refractivity contribution in [1.29, 1.82) is 0 Å². The average molecular weight is 341 g/mol. The highest BCUT2D eigenvalue weighted by atomic mass is 16.5. The second kappa shape index (κ2) is 7.42. The number of hydrogen-bond donors (Lipinski definition) is 1. The first-order valence-corrected chi connectivity index (χ1v) is 8.45. The summed E-state index contributed by atoms with van der Waals surface area (Å²) in [4.78, 5) is 26.1. The lowest BCUT2D eigenvalue weighted by atomic mass is 9.87. The van der Waals surface area contributed by atoms with Gasteiger partial charge < -0.3 is 19.5 Å². The summed E-state index contributed by atoms with van der Waals surface area (Å²) in [7, 11) is 1.41. The highest BCUT2D eigenvalue weighted by Crippen LogP contribution is 2.25. The van der Waals surface area contributed by atoms with Crippen LogP contribution in [0.15, 0.2) is 48.8 Å². The van der Waals surface area contributed by atoms with Gasteiger partial charge in [-0.3, -0.25) is 4.79 Å². The molecule has 6 heteroatoms. The third-order valence-corrected chi connectivity index (χ3v) is 4.70. The Kier molecular flexibility index (Phi) is 5.07. The predicted molar refractivity (Wildman–Crippen MR) is 95.6 cm³/mol. The number of urea groups is 1. The fraction of sp³-hybridized carbons (Fsp3) is 0.368. The molecule has 2 heterocycles. The number of anilines is 1. The van der Waals surface area contributed by atoms with Gasteiger partial charge in [0.05, 0.1) is 13.0 Å². The summed E-state index contributed by atoms with van der Waals surface area (Å²) >= 11 is 0. The number of nitrogens with one attached hydrogen (secondary N) is 1. The number of methoxy groups -OCH3 is 1. The molecule has 6 nitrogen and oxygen atoms in total. The smallest absolute Gasteiger partial charge is 0.321 e. The van der Waals surface area contributed by atoms with Crippen LogP contribution in [0.1, 0.15) is 13.3 Å². The molecule has 1 aliphatic rings. The van der Waals surface area contributed by atoms with Crippen LogP contribution in [0.25, 0.3) is 5.69 Å². The van der Waals surface area contributed by atoms with Crippen LogP contribution < -0.4 is 5.32 Å². The van der Waals surface area contributed by atoms with Crippen molar-refractivity contribution in [3.05, 3.63) is 48.8 Å². The van der Waals surface area contributed by atoms with Gasteiger partial charge in [0, 0.05) is 36.9 Å². The molecule has 0 unspecified atom stereocenters. The number of hydrogen-bond acceptors (Lipinski definition) is 3. The van der Waals surface area contributed by atoms with Crippen molar-refractivity contribution in [2.24, 2.45) is 11.8 Å². The minimum absolute atomic E-state index is 0.0816. The molecule has 3 rings (SSSR count). The molecule has 0 radical (unpaired) electrons. The quantitative estimate of drug-likeness (QED) is 0.873. The first-order chi connectivity index (χ1) is 12.1. The molecule has 0 aliphatic carbocycles. The molecule has 1 fully saturated rings. The number of carbonyl (C=O) groups excluding carboxylic acids is 2. The van der Waals surface area contributed by atoms with Gasteiger partial charge in [0.1, 0.15) is 0 Å². The third-order valence-electron chi connectivity index (χ3n) is 4.70. The van der Waals surface area contributed by atoms with Gasteiger partial charge >= 0.3 is 12.0 Å². The summed E-state index contributed by atoms with van der Waals surface area (Å²) in [5.74, 6) is -0.240. The van der Waals surface area contributed by atoms with Gasteiger partial charge in [-0.2, -0.15) is 0 Å². The topological polar surface area (TPSA) is 63.6 Å². The number of carbonyl (C=O) groups is 2. The van der Waals surface area contributed by atoms with E-state index in [1.807, 2.05) is 60.3 Å². The SMILES string of the molecule is COC(=O)[C@@H]1CCN(C(=O)Nc2cccc(-n3cccc3)c2)C[C@H]1C. The zero-order chi connectivity index (χ0) is 17.8. The van der Waals surface area contributed by atoms with Crippen molar-refractivity contribution in [2.45, 2.75) is 13.3 Å². The molecule has 1 saturated heterocycles. The van der Waals surface area contributed by atoms with Crippen LogP contribution in [-0.4, -0.2) is 41.7 Å². The average Bonchev–Trinajstić information content (AvgIpc) is 3.16. The van der Waals surface area contributed by atoms with E-state index in [0.29, 0.717) is 19.5 Å². The van der Waals surface area contributed by atoms with Gasteiger partial charge in [0.15, 0.2) is 0 Å². The normalized spacial score (nSPS) is 20.2. The summed E-state index contributed by atoms with van der Waals surface area (Å²) in [6.45, 7) is 3.07. The van der Waals surface area contributed by atoms with E-state index in [0.717, 1.165) is 11.4 Å². The third kappa shape index (κ3) is 3.84. The lowest BCUT2D eigenvalue weighted by molar-refractivity contribution is -0.148. The van der Waals surface area contributed by atoms with Crippen molar-refractivity contribution in [3.8, 4) is 5.69 Å². The van der Waals surface area contributed by atoms with E-state index in [1.165, 1.54) is 7.11 Å². The Hall–Kier alpha value is -2.76. The molecule has 1 N–H and O–H groups in total. The van der Waals surface area contributed by atoms with Crippen molar-refractivity contribution < 1.29 is 14.3 Å². The first kappa shape index (κ1) is 17.1. The van der Waals surface area contributed by atoms with Crippen molar-refractivity contribution in [2.75, 3.05) is 25.5 Å². The maximum atomic E-state index is 12.5. The summed E-state index contributed by atoms with van der Waals surface area (Å²) in [6.07, 6.45) is 4.55. The predicted octanol–water partition coefficient (Wildman–Crippen LogP) is 3.14. The maximum Gasteiger partial charge on any atom is 0.321 e. The van der Waals surface area contributed by atoms with Gasteiger partial charge in [0.25, 0.3) is 0 Å². The van der Waals surface area contributed by atoms with E-state index < -0.39 is 0 Å².